The first-order valence-electron chi connectivity index (χ1n) is 5.48. The van der Waals surface area contributed by atoms with Crippen LogP contribution < -0.4 is 10.1 Å². The van der Waals surface area contributed by atoms with Crippen molar-refractivity contribution in [3.63, 3.8) is 0 Å². The molecule has 1 heterocycles. The summed E-state index contributed by atoms with van der Waals surface area (Å²) in [6.07, 6.45) is 1.01. The van der Waals surface area contributed by atoms with Gasteiger partial charge in [-0.1, -0.05) is 0 Å². The van der Waals surface area contributed by atoms with Crippen LogP contribution in [-0.4, -0.2) is 24.1 Å². The molecule has 0 saturated heterocycles. The van der Waals surface area contributed by atoms with Crippen molar-refractivity contribution in [3.8, 4) is 5.75 Å². The second-order valence-corrected chi connectivity index (χ2v) is 4.66. The van der Waals surface area contributed by atoms with E-state index in [1.807, 2.05) is 0 Å². The zero-order valence-corrected chi connectivity index (χ0v) is 11.9. The van der Waals surface area contributed by atoms with Crippen LogP contribution in [0.1, 0.15) is 20.9 Å². The number of halogens is 1. The van der Waals surface area contributed by atoms with Crippen LogP contribution in [0.15, 0.2) is 39.4 Å². The molecule has 1 aromatic carbocycles. The van der Waals surface area contributed by atoms with E-state index in [0.29, 0.717) is 15.9 Å². The second-order valence-electron chi connectivity index (χ2n) is 3.80. The number of furan rings is 1. The van der Waals surface area contributed by atoms with E-state index in [0.717, 1.165) is 12.3 Å². The Kier molecular flexibility index (Phi) is 4.09. The van der Waals surface area contributed by atoms with Crippen molar-refractivity contribution >= 4 is 33.5 Å². The van der Waals surface area contributed by atoms with E-state index >= 15 is 0 Å². The SMILES string of the molecule is COc1ccc(Br)c(NC(=O)c2cc(C(=O)O)co2)c1. The van der Waals surface area contributed by atoms with Gasteiger partial charge in [0, 0.05) is 16.6 Å². The van der Waals surface area contributed by atoms with E-state index in [-0.39, 0.29) is 11.3 Å². The molecule has 0 aliphatic rings. The number of aromatic carboxylic acids is 1. The first-order valence-corrected chi connectivity index (χ1v) is 6.27. The van der Waals surface area contributed by atoms with Crippen LogP contribution in [0.25, 0.3) is 0 Å². The van der Waals surface area contributed by atoms with Crippen molar-refractivity contribution in [2.24, 2.45) is 0 Å². The van der Waals surface area contributed by atoms with Gasteiger partial charge >= 0.3 is 5.97 Å². The molecule has 0 atom stereocenters. The van der Waals surface area contributed by atoms with Crippen LogP contribution >= 0.6 is 15.9 Å². The number of carbonyl (C=O) groups is 2. The number of hydrogen-bond acceptors (Lipinski definition) is 4. The number of anilines is 1. The fraction of sp³-hybridized carbons (Fsp3) is 0.0769. The monoisotopic (exact) mass is 339 g/mol. The Hall–Kier alpha value is -2.28. The molecule has 2 N–H and O–H groups in total. The van der Waals surface area contributed by atoms with Crippen molar-refractivity contribution in [3.05, 3.63) is 46.3 Å². The molecule has 0 aliphatic heterocycles. The Morgan fingerprint density at radius 1 is 1.35 bits per heavy atom. The van der Waals surface area contributed by atoms with Gasteiger partial charge in [0.2, 0.25) is 0 Å². The lowest BCUT2D eigenvalue weighted by Crippen LogP contribution is -2.11. The van der Waals surface area contributed by atoms with Gasteiger partial charge in [-0.3, -0.25) is 4.79 Å². The lowest BCUT2D eigenvalue weighted by Gasteiger charge is -2.07. The van der Waals surface area contributed by atoms with E-state index < -0.39 is 11.9 Å². The molecule has 2 rings (SSSR count). The topological polar surface area (TPSA) is 88.8 Å². The Bertz CT molecular complexity index is 665. The Morgan fingerprint density at radius 2 is 2.10 bits per heavy atom. The van der Waals surface area contributed by atoms with Crippen LogP contribution in [0.4, 0.5) is 5.69 Å². The third kappa shape index (κ3) is 3.00. The first kappa shape index (κ1) is 14.1. The summed E-state index contributed by atoms with van der Waals surface area (Å²) in [4.78, 5) is 22.7. The minimum Gasteiger partial charge on any atom is -0.497 e. The number of carbonyl (C=O) groups excluding carboxylic acids is 1. The molecule has 104 valence electrons. The van der Waals surface area contributed by atoms with Crippen molar-refractivity contribution in [1.82, 2.24) is 0 Å². The predicted molar refractivity (Wildman–Crippen MR) is 74.3 cm³/mol. The van der Waals surface area contributed by atoms with Crippen LogP contribution in [0.5, 0.6) is 5.75 Å². The molecule has 6 nitrogen and oxygen atoms in total. The number of rotatable bonds is 4. The molecule has 0 bridgehead atoms. The van der Waals surface area contributed by atoms with Crippen LogP contribution in [-0.2, 0) is 0 Å². The van der Waals surface area contributed by atoms with E-state index in [1.54, 1.807) is 18.2 Å². The molecule has 2 aromatic rings. The fourth-order valence-electron chi connectivity index (χ4n) is 1.48. The van der Waals surface area contributed by atoms with Crippen molar-refractivity contribution in [1.29, 1.82) is 0 Å². The van der Waals surface area contributed by atoms with Gasteiger partial charge in [-0.15, -0.1) is 0 Å². The van der Waals surface area contributed by atoms with Gasteiger partial charge in [-0.25, -0.2) is 4.79 Å². The lowest BCUT2D eigenvalue weighted by molar-refractivity contribution is 0.0696. The number of carboxylic acids is 1. The largest absolute Gasteiger partial charge is 0.497 e. The van der Waals surface area contributed by atoms with Crippen LogP contribution in [0, 0.1) is 0 Å². The summed E-state index contributed by atoms with van der Waals surface area (Å²) in [5.74, 6) is -1.21. The van der Waals surface area contributed by atoms with E-state index in [4.69, 9.17) is 14.3 Å². The number of amides is 1. The number of ether oxygens (including phenoxy) is 1. The van der Waals surface area contributed by atoms with Gasteiger partial charge in [0.25, 0.3) is 5.91 Å². The maximum atomic E-state index is 11.9. The zero-order valence-electron chi connectivity index (χ0n) is 10.3. The van der Waals surface area contributed by atoms with E-state index in [2.05, 4.69) is 21.2 Å². The summed E-state index contributed by atoms with van der Waals surface area (Å²) in [7, 11) is 1.51. The van der Waals surface area contributed by atoms with Gasteiger partial charge in [-0.2, -0.15) is 0 Å². The summed E-state index contributed by atoms with van der Waals surface area (Å²) in [6.45, 7) is 0. The van der Waals surface area contributed by atoms with Gasteiger partial charge in [0.1, 0.15) is 12.0 Å². The summed E-state index contributed by atoms with van der Waals surface area (Å²) in [5, 5.41) is 11.4. The molecule has 0 unspecified atom stereocenters. The van der Waals surface area contributed by atoms with Crippen LogP contribution in [0.2, 0.25) is 0 Å². The second kappa shape index (κ2) is 5.79. The highest BCUT2D eigenvalue weighted by Crippen LogP contribution is 2.27. The molecule has 0 saturated carbocycles. The zero-order chi connectivity index (χ0) is 14.7. The standard InChI is InChI=1S/C13H10BrNO5/c1-19-8-2-3-9(14)10(5-8)15-12(16)11-4-7(6-20-11)13(17)18/h2-6H,1H3,(H,15,16)(H,17,18). The van der Waals surface area contributed by atoms with Gasteiger partial charge < -0.3 is 19.6 Å². The van der Waals surface area contributed by atoms with E-state index in [9.17, 15) is 9.59 Å². The summed E-state index contributed by atoms with van der Waals surface area (Å²) in [6, 6.07) is 6.24. The van der Waals surface area contributed by atoms with Gasteiger partial charge in [0.15, 0.2) is 5.76 Å². The lowest BCUT2D eigenvalue weighted by atomic mass is 10.2. The van der Waals surface area contributed by atoms with Crippen molar-refractivity contribution < 1.29 is 23.8 Å². The third-order valence-corrected chi connectivity index (χ3v) is 3.18. The minimum absolute atomic E-state index is 0.0835. The molecular formula is C13H10BrNO5. The summed E-state index contributed by atoms with van der Waals surface area (Å²) < 4.78 is 10.6. The summed E-state index contributed by atoms with van der Waals surface area (Å²) in [5.41, 5.74) is 0.405. The molecular weight excluding hydrogens is 330 g/mol. The van der Waals surface area contributed by atoms with Crippen molar-refractivity contribution in [2.75, 3.05) is 12.4 Å². The maximum Gasteiger partial charge on any atom is 0.338 e. The first-order chi connectivity index (χ1) is 9.51. The normalized spacial score (nSPS) is 10.1. The average Bonchev–Trinajstić information content (AvgIpc) is 2.91. The maximum absolute atomic E-state index is 11.9. The van der Waals surface area contributed by atoms with Gasteiger partial charge in [0.05, 0.1) is 18.4 Å². The smallest absolute Gasteiger partial charge is 0.338 e. The van der Waals surface area contributed by atoms with Crippen LogP contribution in [0.3, 0.4) is 0 Å². The minimum atomic E-state index is -1.16. The van der Waals surface area contributed by atoms with E-state index in [1.165, 1.54) is 7.11 Å². The molecule has 7 heteroatoms. The molecule has 20 heavy (non-hydrogen) atoms. The fourth-order valence-corrected chi connectivity index (χ4v) is 1.82. The molecule has 0 radical (unpaired) electrons. The number of carboxylic acid groups (broad SMARTS) is 1. The molecule has 1 aromatic heterocycles. The Balaban J connectivity index is 2.20. The third-order valence-electron chi connectivity index (χ3n) is 2.49. The molecule has 0 fully saturated rings. The Morgan fingerprint density at radius 3 is 2.70 bits per heavy atom. The quantitative estimate of drug-likeness (QED) is 0.893. The summed E-state index contributed by atoms with van der Waals surface area (Å²) >= 11 is 3.29. The number of nitrogens with one attached hydrogen (secondary N) is 1. The molecule has 1 amide bonds. The highest BCUT2D eigenvalue weighted by Gasteiger charge is 2.16. The Labute approximate surface area is 122 Å². The van der Waals surface area contributed by atoms with Crippen molar-refractivity contribution in [2.45, 2.75) is 0 Å². The highest BCUT2D eigenvalue weighted by molar-refractivity contribution is 9.10. The number of methoxy groups -OCH3 is 1. The number of hydrogen-bond donors (Lipinski definition) is 2. The molecule has 0 aliphatic carbocycles. The average molecular weight is 340 g/mol. The van der Waals surface area contributed by atoms with Gasteiger partial charge in [-0.05, 0) is 28.1 Å². The highest BCUT2D eigenvalue weighted by atomic mass is 79.9. The molecule has 0 spiro atoms. The number of benzene rings is 1. The predicted octanol–water partition coefficient (Wildman–Crippen LogP) is 3.00.